The van der Waals surface area contributed by atoms with Crippen molar-refractivity contribution in [3.8, 4) is 0 Å². The molecule has 0 amide bonds. The van der Waals surface area contributed by atoms with Crippen molar-refractivity contribution < 1.29 is 14.1 Å². The molecule has 0 N–H and O–H groups in total. The summed E-state index contributed by atoms with van der Waals surface area (Å²) >= 11 is 0. The third-order valence-corrected chi connectivity index (χ3v) is 2.61. The molecule has 0 aliphatic carbocycles. The minimum absolute atomic E-state index is 0.416. The quantitative estimate of drug-likeness (QED) is 0.685. The van der Waals surface area contributed by atoms with E-state index in [1.54, 1.807) is 0 Å². The highest BCUT2D eigenvalue weighted by atomic mass is 16.5. The zero-order chi connectivity index (χ0) is 10.7. The molecular weight excluding hydrogens is 196 g/mol. The van der Waals surface area contributed by atoms with E-state index in [0.29, 0.717) is 12.2 Å². The van der Waals surface area contributed by atoms with Gasteiger partial charge in [0, 0.05) is 25.2 Å². The van der Waals surface area contributed by atoms with Crippen LogP contribution in [0.1, 0.15) is 21.8 Å². The van der Waals surface area contributed by atoms with Crippen molar-refractivity contribution in [1.29, 1.82) is 0 Å². The molecule has 1 aromatic heterocycles. The first-order valence-corrected chi connectivity index (χ1v) is 5.01. The molecule has 5 heteroatoms. The van der Waals surface area contributed by atoms with Gasteiger partial charge in [-0.3, -0.25) is 9.69 Å². The number of ether oxygens (including phenoxy) is 1. The van der Waals surface area contributed by atoms with Crippen LogP contribution >= 0.6 is 0 Å². The van der Waals surface area contributed by atoms with Gasteiger partial charge < -0.3 is 9.26 Å². The highest BCUT2D eigenvalue weighted by molar-refractivity contribution is 5.74. The largest absolute Gasteiger partial charge is 0.379 e. The molecule has 0 spiro atoms. The summed E-state index contributed by atoms with van der Waals surface area (Å²) in [6, 6.07) is 0. The summed E-state index contributed by atoms with van der Waals surface area (Å²) in [5.41, 5.74) is 1.31. The van der Waals surface area contributed by atoms with Crippen LogP contribution < -0.4 is 0 Å². The number of nitrogens with zero attached hydrogens (tertiary/aromatic N) is 2. The van der Waals surface area contributed by atoms with Crippen LogP contribution in [-0.4, -0.2) is 42.6 Å². The molecule has 0 unspecified atom stereocenters. The number of hydrogen-bond donors (Lipinski definition) is 0. The second-order valence-corrected chi connectivity index (χ2v) is 3.61. The maximum absolute atomic E-state index is 10.7. The Morgan fingerprint density at radius 2 is 2.20 bits per heavy atom. The van der Waals surface area contributed by atoms with Crippen LogP contribution in [0.25, 0.3) is 0 Å². The van der Waals surface area contributed by atoms with E-state index in [-0.39, 0.29) is 0 Å². The Hall–Kier alpha value is -1.20. The molecule has 0 atom stereocenters. The minimum atomic E-state index is 0.416. The van der Waals surface area contributed by atoms with E-state index in [9.17, 15) is 4.79 Å². The number of aryl methyl sites for hydroxylation is 1. The Balaban J connectivity index is 2.08. The zero-order valence-corrected chi connectivity index (χ0v) is 8.73. The summed E-state index contributed by atoms with van der Waals surface area (Å²) in [4.78, 5) is 12.9. The fraction of sp³-hybridized carbons (Fsp3) is 0.600. The van der Waals surface area contributed by atoms with E-state index in [0.717, 1.165) is 43.9 Å². The van der Waals surface area contributed by atoms with Gasteiger partial charge >= 0.3 is 0 Å². The fourth-order valence-electron chi connectivity index (χ4n) is 1.68. The van der Waals surface area contributed by atoms with E-state index in [1.165, 1.54) is 0 Å². The maximum atomic E-state index is 10.7. The lowest BCUT2D eigenvalue weighted by atomic mass is 10.2. The average Bonchev–Trinajstić information content (AvgIpc) is 2.62. The molecule has 1 fully saturated rings. The molecule has 1 saturated heterocycles. The molecule has 5 nitrogen and oxygen atoms in total. The van der Waals surface area contributed by atoms with Crippen LogP contribution in [0.5, 0.6) is 0 Å². The summed E-state index contributed by atoms with van der Waals surface area (Å²) < 4.78 is 10.2. The summed E-state index contributed by atoms with van der Waals surface area (Å²) in [5, 5.41) is 3.70. The lowest BCUT2D eigenvalue weighted by molar-refractivity contribution is 0.0339. The van der Waals surface area contributed by atoms with Gasteiger partial charge in [-0.05, 0) is 6.92 Å². The highest BCUT2D eigenvalue weighted by Gasteiger charge is 2.17. The Morgan fingerprint density at radius 1 is 1.47 bits per heavy atom. The minimum Gasteiger partial charge on any atom is -0.379 e. The van der Waals surface area contributed by atoms with Gasteiger partial charge in [0.2, 0.25) is 0 Å². The molecular formula is C10H14N2O3. The van der Waals surface area contributed by atoms with Crippen LogP contribution in [0.4, 0.5) is 0 Å². The lowest BCUT2D eigenvalue weighted by Crippen LogP contribution is -2.35. The third kappa shape index (κ3) is 2.24. The Kier molecular flexibility index (Phi) is 3.13. The number of aromatic nitrogens is 1. The van der Waals surface area contributed by atoms with Gasteiger partial charge in [0.25, 0.3) is 0 Å². The Labute approximate surface area is 88.0 Å². The van der Waals surface area contributed by atoms with Gasteiger partial charge in [-0.25, -0.2) is 0 Å². The fourth-order valence-corrected chi connectivity index (χ4v) is 1.68. The third-order valence-electron chi connectivity index (χ3n) is 2.61. The second kappa shape index (κ2) is 4.55. The van der Waals surface area contributed by atoms with Crippen molar-refractivity contribution in [3.63, 3.8) is 0 Å². The SMILES string of the molecule is Cc1onc(C=O)c1CN1CCOCC1. The van der Waals surface area contributed by atoms with Crippen LogP contribution in [0.3, 0.4) is 0 Å². The molecule has 2 heterocycles. The van der Waals surface area contributed by atoms with Crippen molar-refractivity contribution in [3.05, 3.63) is 17.0 Å². The van der Waals surface area contributed by atoms with Crippen molar-refractivity contribution >= 4 is 6.29 Å². The molecule has 15 heavy (non-hydrogen) atoms. The van der Waals surface area contributed by atoms with Crippen LogP contribution in [0, 0.1) is 6.92 Å². The number of carbonyl (C=O) groups is 1. The van der Waals surface area contributed by atoms with Gasteiger partial charge in [0.15, 0.2) is 12.0 Å². The number of carbonyl (C=O) groups excluding carboxylic acids is 1. The zero-order valence-electron chi connectivity index (χ0n) is 8.73. The highest BCUT2D eigenvalue weighted by Crippen LogP contribution is 2.15. The molecule has 0 aromatic carbocycles. The Bertz CT molecular complexity index is 342. The van der Waals surface area contributed by atoms with Crippen molar-refractivity contribution in [1.82, 2.24) is 10.1 Å². The number of hydrogen-bond acceptors (Lipinski definition) is 5. The van der Waals surface area contributed by atoms with Crippen LogP contribution in [0.15, 0.2) is 4.52 Å². The smallest absolute Gasteiger partial charge is 0.172 e. The topological polar surface area (TPSA) is 55.6 Å². The monoisotopic (exact) mass is 210 g/mol. The standard InChI is InChI=1S/C10H14N2O3/c1-8-9(10(7-13)11-15-8)6-12-2-4-14-5-3-12/h7H,2-6H2,1H3. The molecule has 0 radical (unpaired) electrons. The van der Waals surface area contributed by atoms with Gasteiger partial charge in [-0.1, -0.05) is 5.16 Å². The summed E-state index contributed by atoms with van der Waals surface area (Å²) in [5.74, 6) is 0.726. The predicted octanol–water partition coefficient (Wildman–Crippen LogP) is 0.628. The van der Waals surface area contributed by atoms with Gasteiger partial charge in [0.05, 0.1) is 13.2 Å². The molecule has 1 aromatic rings. The first kappa shape index (κ1) is 10.3. The summed E-state index contributed by atoms with van der Waals surface area (Å²) in [7, 11) is 0. The molecule has 82 valence electrons. The Morgan fingerprint density at radius 3 is 2.87 bits per heavy atom. The van der Waals surface area contributed by atoms with E-state index in [1.807, 2.05) is 6.92 Å². The molecule has 2 rings (SSSR count). The van der Waals surface area contributed by atoms with Gasteiger partial charge in [-0.2, -0.15) is 0 Å². The number of aldehydes is 1. The molecule has 1 aliphatic heterocycles. The van der Waals surface area contributed by atoms with Crippen molar-refractivity contribution in [2.24, 2.45) is 0 Å². The predicted molar refractivity (Wildman–Crippen MR) is 52.7 cm³/mol. The molecule has 0 saturated carbocycles. The molecule has 0 bridgehead atoms. The number of morpholine rings is 1. The molecule has 1 aliphatic rings. The van der Waals surface area contributed by atoms with E-state index in [4.69, 9.17) is 9.26 Å². The van der Waals surface area contributed by atoms with Crippen LogP contribution in [-0.2, 0) is 11.3 Å². The maximum Gasteiger partial charge on any atom is 0.172 e. The first-order chi connectivity index (χ1) is 7.31. The van der Waals surface area contributed by atoms with Crippen molar-refractivity contribution in [2.45, 2.75) is 13.5 Å². The van der Waals surface area contributed by atoms with Crippen LogP contribution in [0.2, 0.25) is 0 Å². The van der Waals surface area contributed by atoms with Crippen molar-refractivity contribution in [2.75, 3.05) is 26.3 Å². The summed E-state index contributed by atoms with van der Waals surface area (Å²) in [6.07, 6.45) is 0.742. The lowest BCUT2D eigenvalue weighted by Gasteiger charge is -2.26. The normalized spacial score (nSPS) is 17.9. The first-order valence-electron chi connectivity index (χ1n) is 5.01. The van der Waals surface area contributed by atoms with Gasteiger partial charge in [-0.15, -0.1) is 0 Å². The average molecular weight is 210 g/mol. The van der Waals surface area contributed by atoms with E-state index < -0.39 is 0 Å². The summed E-state index contributed by atoms with van der Waals surface area (Å²) in [6.45, 7) is 5.83. The van der Waals surface area contributed by atoms with E-state index >= 15 is 0 Å². The number of rotatable bonds is 3. The second-order valence-electron chi connectivity index (χ2n) is 3.61. The van der Waals surface area contributed by atoms with E-state index in [2.05, 4.69) is 10.1 Å². The van der Waals surface area contributed by atoms with Gasteiger partial charge in [0.1, 0.15) is 5.76 Å².